The summed E-state index contributed by atoms with van der Waals surface area (Å²) in [7, 11) is 0. The van der Waals surface area contributed by atoms with Crippen LogP contribution in [-0.4, -0.2) is 5.51 Å². The maximum absolute atomic E-state index is 12.0. The molecule has 0 amide bonds. The van der Waals surface area contributed by atoms with Crippen molar-refractivity contribution in [2.45, 2.75) is 22.9 Å². The van der Waals surface area contributed by atoms with E-state index in [1.165, 1.54) is 31.2 Å². The molecule has 0 heterocycles. The van der Waals surface area contributed by atoms with Crippen LogP contribution in [0.1, 0.15) is 12.5 Å². The average Bonchev–Trinajstić information content (AvgIpc) is 2.16. The molecule has 86 valence electrons. The number of halogens is 3. The third-order valence-electron chi connectivity index (χ3n) is 1.92. The number of alkyl halides is 3. The first-order valence-corrected chi connectivity index (χ1v) is 5.13. The Morgan fingerprint density at radius 1 is 1.25 bits per heavy atom. The molecule has 0 aliphatic carbocycles. The zero-order valence-electron chi connectivity index (χ0n) is 8.38. The molecule has 0 saturated heterocycles. The van der Waals surface area contributed by atoms with Crippen LogP contribution in [0.15, 0.2) is 29.2 Å². The van der Waals surface area contributed by atoms with Crippen LogP contribution in [0.25, 0.3) is 0 Å². The summed E-state index contributed by atoms with van der Waals surface area (Å²) in [6.45, 7) is 1.50. The summed E-state index contributed by atoms with van der Waals surface area (Å²) in [6, 6.07) is 7.33. The first-order valence-electron chi connectivity index (χ1n) is 4.31. The lowest BCUT2D eigenvalue weighted by Crippen LogP contribution is -2.30. The van der Waals surface area contributed by atoms with Gasteiger partial charge in [0.15, 0.2) is 0 Å². The highest BCUT2D eigenvalue weighted by Crippen LogP contribution is 2.37. The van der Waals surface area contributed by atoms with Gasteiger partial charge >= 0.3 is 5.51 Å². The standard InChI is InChI=1S/C10H9F3N2S/c1-9(15,6-14)7-2-4-8(5-3-7)16-10(11,12)13/h2-5H,15H2,1H3/t9-/m0/s1. The van der Waals surface area contributed by atoms with Crippen molar-refractivity contribution in [2.75, 3.05) is 0 Å². The number of rotatable bonds is 2. The Kier molecular flexibility index (Phi) is 3.51. The number of hydrogen-bond donors (Lipinski definition) is 1. The lowest BCUT2D eigenvalue weighted by atomic mass is 9.95. The minimum atomic E-state index is -4.30. The Morgan fingerprint density at radius 2 is 1.75 bits per heavy atom. The molecule has 1 aromatic rings. The molecule has 6 heteroatoms. The molecule has 0 aliphatic rings. The van der Waals surface area contributed by atoms with E-state index in [0.29, 0.717) is 5.56 Å². The largest absolute Gasteiger partial charge is 0.446 e. The van der Waals surface area contributed by atoms with Gasteiger partial charge in [0.05, 0.1) is 6.07 Å². The molecule has 0 radical (unpaired) electrons. The van der Waals surface area contributed by atoms with Crippen LogP contribution >= 0.6 is 11.8 Å². The monoisotopic (exact) mass is 246 g/mol. The van der Waals surface area contributed by atoms with E-state index in [2.05, 4.69) is 0 Å². The highest BCUT2D eigenvalue weighted by molar-refractivity contribution is 8.00. The third-order valence-corrected chi connectivity index (χ3v) is 2.66. The maximum Gasteiger partial charge on any atom is 0.446 e. The normalized spacial score (nSPS) is 15.2. The number of hydrogen-bond acceptors (Lipinski definition) is 3. The molecule has 1 atom stereocenters. The predicted molar refractivity (Wildman–Crippen MR) is 55.5 cm³/mol. The number of nitrogens with zero attached hydrogens (tertiary/aromatic N) is 1. The Hall–Kier alpha value is -1.19. The van der Waals surface area contributed by atoms with Crippen molar-refractivity contribution in [3.05, 3.63) is 29.8 Å². The molecular weight excluding hydrogens is 237 g/mol. The van der Waals surface area contributed by atoms with Crippen molar-refractivity contribution in [1.82, 2.24) is 0 Å². The molecule has 0 unspecified atom stereocenters. The van der Waals surface area contributed by atoms with Crippen LogP contribution in [0, 0.1) is 11.3 Å². The zero-order valence-corrected chi connectivity index (χ0v) is 9.19. The molecule has 0 fully saturated rings. The molecule has 0 bridgehead atoms. The predicted octanol–water partition coefficient (Wildman–Crippen LogP) is 3.00. The fourth-order valence-electron chi connectivity index (χ4n) is 1.07. The minimum absolute atomic E-state index is 0.0741. The van der Waals surface area contributed by atoms with Crippen LogP contribution in [0.3, 0.4) is 0 Å². The molecule has 1 rings (SSSR count). The fraction of sp³-hybridized carbons (Fsp3) is 0.300. The molecule has 16 heavy (non-hydrogen) atoms. The molecule has 0 aliphatic heterocycles. The van der Waals surface area contributed by atoms with Crippen LogP contribution in [0.2, 0.25) is 0 Å². The van der Waals surface area contributed by atoms with E-state index in [4.69, 9.17) is 11.0 Å². The van der Waals surface area contributed by atoms with Gasteiger partial charge in [-0.25, -0.2) is 0 Å². The number of nitrogens with two attached hydrogens (primary N) is 1. The van der Waals surface area contributed by atoms with Gasteiger partial charge in [-0.15, -0.1) is 0 Å². The van der Waals surface area contributed by atoms with Crippen molar-refractivity contribution >= 4 is 11.8 Å². The van der Waals surface area contributed by atoms with Gasteiger partial charge in [-0.1, -0.05) is 12.1 Å². The van der Waals surface area contributed by atoms with Gasteiger partial charge in [0, 0.05) is 4.90 Å². The highest BCUT2D eigenvalue weighted by Gasteiger charge is 2.29. The van der Waals surface area contributed by atoms with E-state index in [1.807, 2.05) is 6.07 Å². The third kappa shape index (κ3) is 3.43. The number of nitriles is 1. The summed E-state index contributed by atoms with van der Waals surface area (Å²) < 4.78 is 36.1. The number of thioether (sulfide) groups is 1. The van der Waals surface area contributed by atoms with Crippen molar-refractivity contribution in [2.24, 2.45) is 5.73 Å². The summed E-state index contributed by atoms with van der Waals surface area (Å²) >= 11 is -0.196. The summed E-state index contributed by atoms with van der Waals surface area (Å²) in [6.07, 6.45) is 0. The molecule has 0 saturated carbocycles. The molecule has 2 nitrogen and oxygen atoms in total. The fourth-order valence-corrected chi connectivity index (χ4v) is 1.61. The van der Waals surface area contributed by atoms with E-state index >= 15 is 0 Å². The number of benzene rings is 1. The quantitative estimate of drug-likeness (QED) is 0.816. The first-order chi connectivity index (χ1) is 7.24. The van der Waals surface area contributed by atoms with Gasteiger partial charge in [-0.3, -0.25) is 0 Å². The maximum atomic E-state index is 12.0. The van der Waals surface area contributed by atoms with Gasteiger partial charge in [0.25, 0.3) is 0 Å². The Bertz CT molecular complexity index is 404. The molecule has 0 aromatic heterocycles. The second-order valence-electron chi connectivity index (χ2n) is 3.39. The van der Waals surface area contributed by atoms with Gasteiger partial charge < -0.3 is 5.73 Å². The Balaban J connectivity index is 2.89. The SMILES string of the molecule is C[C@](N)(C#N)c1ccc(SC(F)(F)F)cc1. The summed E-state index contributed by atoms with van der Waals surface area (Å²) in [4.78, 5) is 0.0741. The lowest BCUT2D eigenvalue weighted by Gasteiger charge is -2.16. The molecule has 0 spiro atoms. The zero-order chi connectivity index (χ0) is 12.4. The van der Waals surface area contributed by atoms with E-state index in [0.717, 1.165) is 0 Å². The smallest absolute Gasteiger partial charge is 0.310 e. The summed E-state index contributed by atoms with van der Waals surface area (Å²) in [5.74, 6) is 0. The molecule has 1 aromatic carbocycles. The van der Waals surface area contributed by atoms with E-state index in [9.17, 15) is 13.2 Å². The lowest BCUT2D eigenvalue weighted by molar-refractivity contribution is -0.0328. The van der Waals surface area contributed by atoms with Crippen molar-refractivity contribution in [3.8, 4) is 6.07 Å². The summed E-state index contributed by atoms with van der Waals surface area (Å²) in [5.41, 5.74) is 0.630. The Morgan fingerprint density at radius 3 is 2.12 bits per heavy atom. The van der Waals surface area contributed by atoms with Gasteiger partial charge in [0.2, 0.25) is 0 Å². The van der Waals surface area contributed by atoms with Crippen molar-refractivity contribution in [1.29, 1.82) is 5.26 Å². The minimum Gasteiger partial charge on any atom is -0.310 e. The van der Waals surface area contributed by atoms with Crippen LogP contribution in [0.4, 0.5) is 13.2 Å². The van der Waals surface area contributed by atoms with E-state index in [1.54, 1.807) is 0 Å². The summed E-state index contributed by atoms with van der Waals surface area (Å²) in [5, 5.41) is 8.74. The van der Waals surface area contributed by atoms with Crippen LogP contribution in [0.5, 0.6) is 0 Å². The van der Waals surface area contributed by atoms with Crippen LogP contribution < -0.4 is 5.73 Å². The van der Waals surface area contributed by atoms with E-state index in [-0.39, 0.29) is 16.7 Å². The first kappa shape index (κ1) is 12.9. The second kappa shape index (κ2) is 4.36. The van der Waals surface area contributed by atoms with Gasteiger partial charge in [0.1, 0.15) is 5.54 Å². The second-order valence-corrected chi connectivity index (χ2v) is 4.52. The van der Waals surface area contributed by atoms with Crippen molar-refractivity contribution in [3.63, 3.8) is 0 Å². The molecular formula is C10H9F3N2S. The Labute approximate surface area is 95.2 Å². The van der Waals surface area contributed by atoms with Crippen LogP contribution in [-0.2, 0) is 5.54 Å². The van der Waals surface area contributed by atoms with Gasteiger partial charge in [-0.2, -0.15) is 18.4 Å². The topological polar surface area (TPSA) is 49.8 Å². The highest BCUT2D eigenvalue weighted by atomic mass is 32.2. The van der Waals surface area contributed by atoms with E-state index < -0.39 is 11.0 Å². The molecule has 2 N–H and O–H groups in total. The van der Waals surface area contributed by atoms with Gasteiger partial charge in [-0.05, 0) is 36.4 Å². The average molecular weight is 246 g/mol. The van der Waals surface area contributed by atoms with Crippen molar-refractivity contribution < 1.29 is 13.2 Å².